The van der Waals surface area contributed by atoms with E-state index in [0.29, 0.717) is 43.6 Å². The number of para-hydroxylation sites is 1. The average Bonchev–Trinajstić information content (AvgIpc) is 3.10. The zero-order chi connectivity index (χ0) is 18.9. The van der Waals surface area contributed by atoms with E-state index in [1.165, 1.54) is 4.70 Å². The van der Waals surface area contributed by atoms with Gasteiger partial charge in [0.1, 0.15) is 11.9 Å². The second kappa shape index (κ2) is 7.35. The lowest BCUT2D eigenvalue weighted by molar-refractivity contribution is -0.119. The van der Waals surface area contributed by atoms with Gasteiger partial charge in [-0.25, -0.2) is 15.0 Å². The molecular formula is C20H21N5O2S. The number of benzene rings is 1. The molecule has 5 rings (SSSR count). The minimum absolute atomic E-state index is 0.119. The number of hydrogen-bond acceptors (Lipinski definition) is 8. The molecule has 0 atom stereocenters. The second-order valence-corrected chi connectivity index (χ2v) is 8.28. The highest BCUT2D eigenvalue weighted by molar-refractivity contribution is 7.22. The van der Waals surface area contributed by atoms with Crippen LogP contribution >= 0.6 is 11.3 Å². The van der Waals surface area contributed by atoms with Gasteiger partial charge in [0.05, 0.1) is 10.2 Å². The Kier molecular flexibility index (Phi) is 4.56. The summed E-state index contributed by atoms with van der Waals surface area (Å²) >= 11 is 1.68. The molecule has 0 amide bonds. The summed E-state index contributed by atoms with van der Waals surface area (Å²) in [6.07, 6.45) is 6.39. The fraction of sp³-hybridized carbons (Fsp3) is 0.400. The van der Waals surface area contributed by atoms with Crippen LogP contribution in [0.4, 0.5) is 10.9 Å². The van der Waals surface area contributed by atoms with Gasteiger partial charge >= 0.3 is 0 Å². The molecular weight excluding hydrogens is 374 g/mol. The first-order valence-corrected chi connectivity index (χ1v) is 10.4. The van der Waals surface area contributed by atoms with Gasteiger partial charge in [0.25, 0.3) is 5.88 Å². The number of aromatic nitrogens is 3. The number of rotatable bonds is 5. The molecule has 1 aliphatic carbocycles. The molecule has 3 aromatic rings. The zero-order valence-corrected chi connectivity index (χ0v) is 16.2. The molecule has 1 saturated heterocycles. The molecule has 7 nitrogen and oxygen atoms in total. The number of nitrogens with zero attached hydrogens (tertiary/aromatic N) is 4. The van der Waals surface area contributed by atoms with Crippen LogP contribution in [-0.4, -0.2) is 46.0 Å². The van der Waals surface area contributed by atoms with Crippen molar-refractivity contribution in [3.05, 3.63) is 36.7 Å². The first kappa shape index (κ1) is 17.4. The highest BCUT2D eigenvalue weighted by Crippen LogP contribution is 2.34. The fourth-order valence-electron chi connectivity index (χ4n) is 3.63. The number of ether oxygens (including phenoxy) is 1. The van der Waals surface area contributed by atoms with E-state index < -0.39 is 0 Å². The smallest absolute Gasteiger partial charge is 0.257 e. The average molecular weight is 395 g/mol. The van der Waals surface area contributed by atoms with Crippen molar-refractivity contribution in [2.24, 2.45) is 0 Å². The summed E-state index contributed by atoms with van der Waals surface area (Å²) in [6.45, 7) is 1.36. The first-order chi connectivity index (χ1) is 13.7. The molecule has 0 radical (unpaired) electrons. The van der Waals surface area contributed by atoms with Crippen molar-refractivity contribution in [1.82, 2.24) is 15.0 Å². The van der Waals surface area contributed by atoms with Gasteiger partial charge in [-0.1, -0.05) is 23.5 Å². The maximum Gasteiger partial charge on any atom is 0.257 e. The second-order valence-electron chi connectivity index (χ2n) is 7.25. The van der Waals surface area contributed by atoms with E-state index in [4.69, 9.17) is 4.74 Å². The minimum atomic E-state index is 0.119. The van der Waals surface area contributed by atoms with E-state index in [1.807, 2.05) is 18.2 Å². The maximum absolute atomic E-state index is 11.5. The number of anilines is 2. The SMILES string of the molecule is O=C1CCN(c2nccnc2O[C@H]2C[C@H](Nc3nc4ccccc4s3)C2)CC1. The number of nitrogens with one attached hydrogen (secondary N) is 1. The van der Waals surface area contributed by atoms with E-state index in [2.05, 4.69) is 31.2 Å². The number of carbonyl (C=O) groups excluding carboxylic acids is 1. The van der Waals surface area contributed by atoms with Crippen molar-refractivity contribution in [1.29, 1.82) is 0 Å². The molecule has 144 valence electrons. The Labute approximate surface area is 166 Å². The Bertz CT molecular complexity index is 958. The van der Waals surface area contributed by atoms with E-state index in [-0.39, 0.29) is 6.10 Å². The van der Waals surface area contributed by atoms with Crippen LogP contribution in [0.15, 0.2) is 36.7 Å². The molecule has 1 aromatic carbocycles. The lowest BCUT2D eigenvalue weighted by Crippen LogP contribution is -2.43. The van der Waals surface area contributed by atoms with Crippen LogP contribution in [0.2, 0.25) is 0 Å². The van der Waals surface area contributed by atoms with Gasteiger partial charge in [0, 0.05) is 57.2 Å². The summed E-state index contributed by atoms with van der Waals surface area (Å²) in [7, 11) is 0. The molecule has 2 aromatic heterocycles. The van der Waals surface area contributed by atoms with Gasteiger partial charge in [-0.3, -0.25) is 4.79 Å². The van der Waals surface area contributed by atoms with Crippen molar-refractivity contribution < 1.29 is 9.53 Å². The third-order valence-electron chi connectivity index (χ3n) is 5.26. The van der Waals surface area contributed by atoms with E-state index in [1.54, 1.807) is 23.7 Å². The summed E-state index contributed by atoms with van der Waals surface area (Å²) < 4.78 is 7.33. The maximum atomic E-state index is 11.5. The molecule has 0 spiro atoms. The summed E-state index contributed by atoms with van der Waals surface area (Å²) in [5.41, 5.74) is 1.03. The monoisotopic (exact) mass is 395 g/mol. The van der Waals surface area contributed by atoms with Crippen molar-refractivity contribution in [2.45, 2.75) is 37.8 Å². The van der Waals surface area contributed by atoms with E-state index in [9.17, 15) is 4.79 Å². The van der Waals surface area contributed by atoms with Crippen molar-refractivity contribution in [2.75, 3.05) is 23.3 Å². The largest absolute Gasteiger partial charge is 0.472 e. The van der Waals surface area contributed by atoms with Gasteiger partial charge in [0.15, 0.2) is 10.9 Å². The Morgan fingerprint density at radius 1 is 1.11 bits per heavy atom. The van der Waals surface area contributed by atoms with Gasteiger partial charge in [-0.15, -0.1) is 0 Å². The normalized spacial score (nSPS) is 22.1. The quantitative estimate of drug-likeness (QED) is 0.710. The third kappa shape index (κ3) is 3.52. The van der Waals surface area contributed by atoms with E-state index in [0.717, 1.165) is 29.3 Å². The summed E-state index contributed by atoms with van der Waals surface area (Å²) in [4.78, 5) is 27.1. The van der Waals surface area contributed by atoms with Crippen LogP contribution in [0.5, 0.6) is 5.88 Å². The molecule has 0 unspecified atom stereocenters. The highest BCUT2D eigenvalue weighted by atomic mass is 32.1. The molecule has 1 saturated carbocycles. The van der Waals surface area contributed by atoms with Crippen LogP contribution in [0.25, 0.3) is 10.2 Å². The molecule has 8 heteroatoms. The lowest BCUT2D eigenvalue weighted by Gasteiger charge is -2.36. The van der Waals surface area contributed by atoms with Crippen LogP contribution in [0, 0.1) is 0 Å². The Balaban J connectivity index is 1.19. The van der Waals surface area contributed by atoms with Crippen LogP contribution in [0.3, 0.4) is 0 Å². The predicted molar refractivity (Wildman–Crippen MR) is 109 cm³/mol. The molecule has 1 N–H and O–H groups in total. The number of Topliss-reactive ketones (excluding diaryl/α,β-unsaturated/α-hetero) is 1. The molecule has 28 heavy (non-hydrogen) atoms. The number of fused-ring (bicyclic) bond motifs is 1. The molecule has 2 aliphatic rings. The van der Waals surface area contributed by atoms with E-state index >= 15 is 0 Å². The number of thiazole rings is 1. The van der Waals surface area contributed by atoms with Crippen molar-refractivity contribution >= 4 is 38.3 Å². The number of piperidine rings is 1. The van der Waals surface area contributed by atoms with Crippen LogP contribution in [0.1, 0.15) is 25.7 Å². The zero-order valence-electron chi connectivity index (χ0n) is 15.4. The summed E-state index contributed by atoms with van der Waals surface area (Å²) in [6, 6.07) is 8.53. The lowest BCUT2D eigenvalue weighted by atomic mass is 9.89. The van der Waals surface area contributed by atoms with Crippen LogP contribution in [-0.2, 0) is 4.79 Å². The standard InChI is InChI=1S/C20H21N5O2S/c26-14-5-9-25(10-6-14)18-19(22-8-7-21-18)27-15-11-13(12-15)23-20-24-16-3-1-2-4-17(16)28-20/h1-4,7-8,13,15H,5-6,9-12H2,(H,23,24)/t13-,15-. The molecule has 1 aliphatic heterocycles. The third-order valence-corrected chi connectivity index (χ3v) is 6.23. The fourth-order valence-corrected chi connectivity index (χ4v) is 4.57. The van der Waals surface area contributed by atoms with Crippen molar-refractivity contribution in [3.63, 3.8) is 0 Å². The molecule has 2 fully saturated rings. The predicted octanol–water partition coefficient (Wildman–Crippen LogP) is 3.28. The number of hydrogen-bond donors (Lipinski definition) is 1. The minimum Gasteiger partial charge on any atom is -0.472 e. The van der Waals surface area contributed by atoms with Gasteiger partial charge < -0.3 is 15.0 Å². The van der Waals surface area contributed by atoms with Gasteiger partial charge in [-0.2, -0.15) is 0 Å². The summed E-state index contributed by atoms with van der Waals surface area (Å²) in [5.74, 6) is 1.63. The topological polar surface area (TPSA) is 80.2 Å². The van der Waals surface area contributed by atoms with Crippen LogP contribution < -0.4 is 15.0 Å². The molecule has 0 bridgehead atoms. The number of carbonyl (C=O) groups is 1. The number of ketones is 1. The first-order valence-electron chi connectivity index (χ1n) is 9.61. The Hall–Kier alpha value is -2.74. The molecule has 3 heterocycles. The Morgan fingerprint density at radius 2 is 1.89 bits per heavy atom. The van der Waals surface area contributed by atoms with Crippen molar-refractivity contribution in [3.8, 4) is 5.88 Å². The Morgan fingerprint density at radius 3 is 2.71 bits per heavy atom. The highest BCUT2D eigenvalue weighted by Gasteiger charge is 2.33. The van der Waals surface area contributed by atoms with Gasteiger partial charge in [-0.05, 0) is 12.1 Å². The summed E-state index contributed by atoms with van der Waals surface area (Å²) in [5, 5.41) is 4.47. The van der Waals surface area contributed by atoms with Gasteiger partial charge in [0.2, 0.25) is 0 Å².